The Balaban J connectivity index is 4.62. The third-order valence-electron chi connectivity index (χ3n) is 0.815. The van der Waals surface area contributed by atoms with Crippen molar-refractivity contribution in [3.05, 3.63) is 12.7 Å². The van der Waals surface area contributed by atoms with Gasteiger partial charge < -0.3 is 5.11 Å². The molecule has 0 rings (SSSR count). The van der Waals surface area contributed by atoms with Crippen LogP contribution in [0.3, 0.4) is 0 Å². The van der Waals surface area contributed by atoms with Gasteiger partial charge in [-0.15, -0.1) is 6.58 Å². The number of carbonyl (C=O) groups is 1. The zero-order valence-corrected chi connectivity index (χ0v) is 6.41. The average Bonchev–Trinajstić information content (AvgIpc) is 1.79. The third kappa shape index (κ3) is 3.01. The maximum absolute atomic E-state index is 10.4. The Morgan fingerprint density at radius 1 is 1.73 bits per heavy atom. The lowest BCUT2D eigenvalue weighted by molar-refractivity contribution is 0.175. The second-order valence-corrected chi connectivity index (χ2v) is 3.12. The van der Waals surface area contributed by atoms with E-state index in [1.165, 1.54) is 0 Å². The van der Waals surface area contributed by atoms with Gasteiger partial charge >= 0.3 is 16.3 Å². The highest BCUT2D eigenvalue weighted by molar-refractivity contribution is 7.87. The number of hydrogen-bond donors (Lipinski definition) is 2. The van der Waals surface area contributed by atoms with Crippen LogP contribution in [0.25, 0.3) is 0 Å². The van der Waals surface area contributed by atoms with Gasteiger partial charge in [-0.2, -0.15) is 12.7 Å². The van der Waals surface area contributed by atoms with Gasteiger partial charge in [0, 0.05) is 0 Å². The topological polar surface area (TPSA) is 101 Å². The van der Waals surface area contributed by atoms with Crippen LogP contribution in [0.4, 0.5) is 4.79 Å². The Morgan fingerprint density at radius 3 is 2.27 bits per heavy atom. The Kier molecular flexibility index (Phi) is 3.02. The minimum Gasteiger partial charge on any atom is -0.464 e. The predicted octanol–water partition coefficient (Wildman–Crippen LogP) is -0.644. The van der Waals surface area contributed by atoms with Gasteiger partial charge in [0.2, 0.25) is 0 Å². The van der Waals surface area contributed by atoms with Crippen molar-refractivity contribution in [1.29, 1.82) is 0 Å². The first-order valence-electron chi connectivity index (χ1n) is 2.54. The molecule has 0 spiro atoms. The average molecular weight is 180 g/mol. The first-order valence-corrected chi connectivity index (χ1v) is 4.04. The van der Waals surface area contributed by atoms with Crippen LogP contribution in [-0.2, 0) is 10.2 Å². The van der Waals surface area contributed by atoms with Crippen LogP contribution in [0.2, 0.25) is 0 Å². The summed E-state index contributed by atoms with van der Waals surface area (Å²) in [4.78, 5) is 10.2. The summed E-state index contributed by atoms with van der Waals surface area (Å²) in [7, 11) is -4.16. The minimum atomic E-state index is -4.16. The minimum absolute atomic E-state index is 0.0833. The van der Waals surface area contributed by atoms with E-state index in [0.717, 1.165) is 6.08 Å². The molecule has 0 aromatic heterocycles. The molecule has 0 saturated heterocycles. The van der Waals surface area contributed by atoms with E-state index in [0.29, 0.717) is 0 Å². The molecule has 0 radical (unpaired) electrons. The number of amides is 1. The molecule has 1 amide bonds. The number of nitrogens with zero attached hydrogens (tertiary/aromatic N) is 1. The molecule has 11 heavy (non-hydrogen) atoms. The van der Waals surface area contributed by atoms with E-state index in [1.54, 1.807) is 0 Å². The summed E-state index contributed by atoms with van der Waals surface area (Å²) in [5, 5.41) is 12.8. The van der Waals surface area contributed by atoms with E-state index in [9.17, 15) is 13.2 Å². The molecule has 7 heteroatoms. The van der Waals surface area contributed by atoms with Crippen LogP contribution in [0.15, 0.2) is 12.7 Å². The summed E-state index contributed by atoms with van der Waals surface area (Å²) in [6, 6.07) is 0. The van der Waals surface area contributed by atoms with E-state index in [2.05, 4.69) is 11.7 Å². The highest BCUT2D eigenvalue weighted by atomic mass is 32.2. The fourth-order valence-electron chi connectivity index (χ4n) is 0.408. The maximum atomic E-state index is 10.4. The predicted molar refractivity (Wildman–Crippen MR) is 38.0 cm³/mol. The molecule has 0 aliphatic rings. The molecule has 0 aromatic carbocycles. The van der Waals surface area contributed by atoms with Crippen LogP contribution in [0.5, 0.6) is 0 Å². The van der Waals surface area contributed by atoms with Gasteiger partial charge in [0.05, 0.1) is 6.54 Å². The monoisotopic (exact) mass is 180 g/mol. The highest BCUT2D eigenvalue weighted by Crippen LogP contribution is 1.94. The molecule has 0 atom stereocenters. The molecular formula is C4H8N2O4S. The van der Waals surface area contributed by atoms with Gasteiger partial charge in [-0.3, -0.25) is 0 Å². The fraction of sp³-hybridized carbons (Fsp3) is 0.250. The summed E-state index contributed by atoms with van der Waals surface area (Å²) >= 11 is 0. The number of rotatable bonds is 3. The molecule has 0 unspecified atom stereocenters. The normalized spacial score (nSPS) is 10.6. The van der Waals surface area contributed by atoms with Crippen LogP contribution in [0, 0.1) is 0 Å². The lowest BCUT2D eigenvalue weighted by Gasteiger charge is -2.12. The molecule has 64 valence electrons. The lowest BCUT2D eigenvalue weighted by atomic mass is 10.6. The molecule has 0 saturated carbocycles. The number of carboxylic acid groups (broad SMARTS) is 1. The number of hydrogen-bond acceptors (Lipinski definition) is 3. The molecule has 0 bridgehead atoms. The maximum Gasteiger partial charge on any atom is 0.422 e. The Morgan fingerprint density at radius 2 is 2.18 bits per heavy atom. The van der Waals surface area contributed by atoms with Crippen molar-refractivity contribution < 1.29 is 18.3 Å². The van der Waals surface area contributed by atoms with Crippen molar-refractivity contribution in [2.75, 3.05) is 6.54 Å². The van der Waals surface area contributed by atoms with Crippen molar-refractivity contribution >= 4 is 16.3 Å². The summed E-state index contributed by atoms with van der Waals surface area (Å²) in [6.45, 7) is 2.83. The summed E-state index contributed by atoms with van der Waals surface area (Å²) in [6.07, 6.45) is -0.495. The molecule has 0 heterocycles. The Bertz CT molecular complexity index is 257. The van der Waals surface area contributed by atoms with Gasteiger partial charge in [-0.25, -0.2) is 9.93 Å². The third-order valence-corrected chi connectivity index (χ3v) is 1.74. The largest absolute Gasteiger partial charge is 0.464 e. The van der Waals surface area contributed by atoms with E-state index in [1.807, 2.05) is 0 Å². The Labute approximate surface area is 64.1 Å². The first-order chi connectivity index (χ1) is 4.89. The van der Waals surface area contributed by atoms with Crippen LogP contribution in [0.1, 0.15) is 0 Å². The van der Waals surface area contributed by atoms with Crippen molar-refractivity contribution in [3.63, 3.8) is 0 Å². The van der Waals surface area contributed by atoms with Gasteiger partial charge in [-0.1, -0.05) is 6.08 Å². The zero-order valence-electron chi connectivity index (χ0n) is 5.60. The zero-order chi connectivity index (χ0) is 9.07. The molecule has 6 nitrogen and oxygen atoms in total. The quantitative estimate of drug-likeness (QED) is 0.564. The van der Waals surface area contributed by atoms with Gasteiger partial charge in [0.25, 0.3) is 0 Å². The fourth-order valence-corrected chi connectivity index (χ4v) is 0.939. The Hall–Kier alpha value is -1.08. The van der Waals surface area contributed by atoms with Crippen molar-refractivity contribution in [2.45, 2.75) is 0 Å². The van der Waals surface area contributed by atoms with Gasteiger partial charge in [0.1, 0.15) is 0 Å². The molecule has 0 aliphatic carbocycles. The van der Waals surface area contributed by atoms with Crippen LogP contribution >= 0.6 is 0 Å². The first kappa shape index (κ1) is 9.92. The van der Waals surface area contributed by atoms with Crippen molar-refractivity contribution in [2.24, 2.45) is 5.14 Å². The van der Waals surface area contributed by atoms with E-state index in [-0.39, 0.29) is 10.8 Å². The van der Waals surface area contributed by atoms with Crippen LogP contribution < -0.4 is 5.14 Å². The summed E-state index contributed by atoms with van der Waals surface area (Å²) in [5.74, 6) is 0. The van der Waals surface area contributed by atoms with Gasteiger partial charge in [-0.05, 0) is 0 Å². The molecule has 0 aliphatic heterocycles. The van der Waals surface area contributed by atoms with Crippen molar-refractivity contribution in [3.8, 4) is 0 Å². The van der Waals surface area contributed by atoms with Crippen molar-refractivity contribution in [1.82, 2.24) is 4.31 Å². The molecule has 0 fully saturated rings. The lowest BCUT2D eigenvalue weighted by Crippen LogP contribution is -2.40. The van der Waals surface area contributed by atoms with Gasteiger partial charge in [0.15, 0.2) is 0 Å². The summed E-state index contributed by atoms with van der Waals surface area (Å²) < 4.78 is 21.0. The molecular weight excluding hydrogens is 172 g/mol. The standard InChI is InChI=1S/C4H8N2O4S/c1-2-3-6(4(7)8)11(5,9)10/h2H,1,3H2,(H,7,8)(H2,5,9,10). The summed E-state index contributed by atoms with van der Waals surface area (Å²) in [5.41, 5.74) is 0. The molecule has 3 N–H and O–H groups in total. The highest BCUT2D eigenvalue weighted by Gasteiger charge is 2.20. The SMILES string of the molecule is C=CCN(C(=O)O)S(N)(=O)=O. The van der Waals surface area contributed by atoms with E-state index in [4.69, 9.17) is 5.11 Å². The van der Waals surface area contributed by atoms with E-state index < -0.39 is 16.3 Å². The molecule has 0 aromatic rings. The van der Waals surface area contributed by atoms with Crippen LogP contribution in [-0.4, -0.2) is 30.5 Å². The smallest absolute Gasteiger partial charge is 0.422 e. The second kappa shape index (κ2) is 3.35. The number of nitrogens with two attached hydrogens (primary N) is 1. The van der Waals surface area contributed by atoms with E-state index >= 15 is 0 Å². The second-order valence-electron chi connectivity index (χ2n) is 1.65.